The molecule has 0 bridgehead atoms. The third kappa shape index (κ3) is 4.72. The number of amides is 3. The molecule has 170 valence electrons. The Morgan fingerprint density at radius 1 is 1.09 bits per heavy atom. The van der Waals surface area contributed by atoms with Crippen molar-refractivity contribution >= 4 is 39.4 Å². The molecule has 1 aliphatic rings. The number of furan rings is 2. The minimum atomic E-state index is -0.597. The number of carbonyl (C=O) groups is 3. The van der Waals surface area contributed by atoms with Crippen molar-refractivity contribution in [1.29, 1.82) is 0 Å². The second-order valence-corrected chi connectivity index (χ2v) is 8.31. The first-order valence-corrected chi connectivity index (χ1v) is 10.9. The van der Waals surface area contributed by atoms with Crippen LogP contribution in [0.1, 0.15) is 66.8 Å². The quantitative estimate of drug-likeness (QED) is 0.457. The predicted octanol–water partition coefficient (Wildman–Crippen LogP) is 3.19. The maximum atomic E-state index is 12.7. The van der Waals surface area contributed by atoms with Crippen molar-refractivity contribution in [3.63, 3.8) is 0 Å². The van der Waals surface area contributed by atoms with E-state index in [2.05, 4.69) is 42.3 Å². The maximum absolute atomic E-state index is 12.7. The average Bonchev–Trinajstić information content (AvgIpc) is 3.39. The molecule has 0 aliphatic heterocycles. The monoisotopic (exact) mass is 513 g/mol. The number of hydrogen-bond acceptors (Lipinski definition) is 7. The fourth-order valence-corrected chi connectivity index (χ4v) is 3.94. The van der Waals surface area contributed by atoms with E-state index in [1.54, 1.807) is 26.1 Å². The highest BCUT2D eigenvalue weighted by atomic mass is 79.9. The number of fused-ring (bicyclic) bond motifs is 1. The zero-order valence-corrected chi connectivity index (χ0v) is 19.4. The van der Waals surface area contributed by atoms with Gasteiger partial charge in [-0.25, -0.2) is 5.43 Å². The molecule has 0 fully saturated rings. The first-order chi connectivity index (χ1) is 15.8. The van der Waals surface area contributed by atoms with Crippen molar-refractivity contribution in [2.24, 2.45) is 5.10 Å². The Balaban J connectivity index is 1.49. The van der Waals surface area contributed by atoms with Gasteiger partial charge in [0, 0.05) is 34.4 Å². The number of nitrogens with one attached hydrogen (secondary N) is 3. The molecule has 1 aliphatic carbocycles. The molecule has 0 atom stereocenters. The molecule has 10 nitrogen and oxygen atoms in total. The molecule has 0 saturated heterocycles. The highest BCUT2D eigenvalue weighted by Gasteiger charge is 2.28. The fraction of sp³-hybridized carbons (Fsp3) is 0.227. The van der Waals surface area contributed by atoms with Crippen LogP contribution in [0.15, 0.2) is 49.2 Å². The number of aryl methyl sites for hydroxylation is 2. The van der Waals surface area contributed by atoms with Gasteiger partial charge in [-0.1, -0.05) is 0 Å². The molecular formula is C22H20BrN5O5. The number of carbonyl (C=O) groups excluding carboxylic acids is 3. The number of hydrogen-bond donors (Lipinski definition) is 3. The molecule has 3 heterocycles. The Hall–Kier alpha value is -3.73. The Kier molecular flexibility index (Phi) is 6.40. The van der Waals surface area contributed by atoms with Gasteiger partial charge in [0.2, 0.25) is 0 Å². The zero-order chi connectivity index (χ0) is 23.5. The number of halogens is 1. The van der Waals surface area contributed by atoms with Crippen LogP contribution in [0.4, 0.5) is 0 Å². The minimum absolute atomic E-state index is 0.0707. The van der Waals surface area contributed by atoms with Crippen LogP contribution < -0.4 is 16.3 Å². The molecule has 3 amide bonds. The standard InChI is InChI=1S/C22H20BrN5O5/c1-11-18-16(25-26-20(29)13-8-14(23)10-24-9-13)4-3-5-17(18)33-19(11)22(31)28-27-21(30)15-6-7-32-12(15)2/h6-10H,3-5H2,1-2H3,(H,26,29)(H,27,30)(H,28,31)/b25-16+. The number of nitrogens with zero attached hydrogens (tertiary/aromatic N) is 2. The van der Waals surface area contributed by atoms with Gasteiger partial charge in [0.15, 0.2) is 5.76 Å². The topological polar surface area (TPSA) is 139 Å². The maximum Gasteiger partial charge on any atom is 0.305 e. The Morgan fingerprint density at radius 2 is 1.88 bits per heavy atom. The lowest BCUT2D eigenvalue weighted by Crippen LogP contribution is -2.41. The van der Waals surface area contributed by atoms with Crippen LogP contribution in [0.2, 0.25) is 0 Å². The summed E-state index contributed by atoms with van der Waals surface area (Å²) in [4.78, 5) is 41.2. The van der Waals surface area contributed by atoms with Crippen molar-refractivity contribution in [2.75, 3.05) is 0 Å². The second kappa shape index (κ2) is 9.41. The van der Waals surface area contributed by atoms with Gasteiger partial charge in [0.25, 0.3) is 11.8 Å². The van der Waals surface area contributed by atoms with Crippen LogP contribution in [0.5, 0.6) is 0 Å². The molecule has 0 unspecified atom stereocenters. The third-order valence-electron chi connectivity index (χ3n) is 5.18. The molecule has 4 rings (SSSR count). The van der Waals surface area contributed by atoms with E-state index in [1.165, 1.54) is 18.5 Å². The van der Waals surface area contributed by atoms with Gasteiger partial charge in [-0.2, -0.15) is 5.10 Å². The first-order valence-electron chi connectivity index (χ1n) is 10.1. The first kappa shape index (κ1) is 22.5. The van der Waals surface area contributed by atoms with E-state index in [0.717, 1.165) is 6.42 Å². The number of aromatic nitrogens is 1. The van der Waals surface area contributed by atoms with E-state index in [4.69, 9.17) is 8.83 Å². The summed E-state index contributed by atoms with van der Waals surface area (Å²) < 4.78 is 11.6. The van der Waals surface area contributed by atoms with Gasteiger partial charge in [-0.05, 0) is 54.8 Å². The van der Waals surface area contributed by atoms with Crippen LogP contribution in [0.25, 0.3) is 0 Å². The van der Waals surface area contributed by atoms with E-state index in [0.29, 0.717) is 56.8 Å². The van der Waals surface area contributed by atoms with Crippen LogP contribution in [0, 0.1) is 13.8 Å². The fourth-order valence-electron chi connectivity index (χ4n) is 3.57. The average molecular weight is 514 g/mol. The lowest BCUT2D eigenvalue weighted by Gasteiger charge is -2.13. The normalized spacial score (nSPS) is 14.0. The summed E-state index contributed by atoms with van der Waals surface area (Å²) >= 11 is 3.28. The van der Waals surface area contributed by atoms with E-state index in [1.807, 2.05) is 0 Å². The molecule has 0 radical (unpaired) electrons. The molecule has 33 heavy (non-hydrogen) atoms. The number of pyridine rings is 1. The van der Waals surface area contributed by atoms with Gasteiger partial charge in [0.05, 0.1) is 23.1 Å². The van der Waals surface area contributed by atoms with Crippen LogP contribution in [-0.4, -0.2) is 28.4 Å². The van der Waals surface area contributed by atoms with E-state index < -0.39 is 17.7 Å². The molecule has 0 aromatic carbocycles. The van der Waals surface area contributed by atoms with Crippen molar-refractivity contribution in [1.82, 2.24) is 21.3 Å². The molecule has 0 spiro atoms. The number of hydrazine groups is 1. The molecule has 3 aromatic rings. The van der Waals surface area contributed by atoms with Crippen LogP contribution in [0.3, 0.4) is 0 Å². The summed E-state index contributed by atoms with van der Waals surface area (Å²) in [5.41, 5.74) is 9.81. The number of rotatable bonds is 4. The second-order valence-electron chi connectivity index (χ2n) is 7.40. The highest BCUT2D eigenvalue weighted by molar-refractivity contribution is 9.10. The smallest absolute Gasteiger partial charge is 0.305 e. The molecule has 0 saturated carbocycles. The lowest BCUT2D eigenvalue weighted by atomic mass is 9.93. The molecule has 3 aromatic heterocycles. The summed E-state index contributed by atoms with van der Waals surface area (Å²) in [5.74, 6) is -0.386. The summed E-state index contributed by atoms with van der Waals surface area (Å²) in [6, 6.07) is 3.15. The van der Waals surface area contributed by atoms with E-state index in [9.17, 15) is 14.4 Å². The molecule has 3 N–H and O–H groups in total. The lowest BCUT2D eigenvalue weighted by molar-refractivity contribution is 0.0828. The zero-order valence-electron chi connectivity index (χ0n) is 17.8. The Morgan fingerprint density at radius 3 is 2.61 bits per heavy atom. The summed E-state index contributed by atoms with van der Waals surface area (Å²) in [6.07, 6.45) is 6.41. The van der Waals surface area contributed by atoms with Crippen molar-refractivity contribution < 1.29 is 23.2 Å². The van der Waals surface area contributed by atoms with Gasteiger partial charge in [0.1, 0.15) is 11.5 Å². The Labute approximate surface area is 196 Å². The SMILES string of the molecule is Cc1occc1C(=O)NNC(=O)c1oc2c(c1C)/C(=N/NC(=O)c1cncc(Br)c1)CCC2. The summed E-state index contributed by atoms with van der Waals surface area (Å²) in [7, 11) is 0. The van der Waals surface area contributed by atoms with Gasteiger partial charge in [-0.15, -0.1) is 0 Å². The van der Waals surface area contributed by atoms with Gasteiger partial charge < -0.3 is 8.83 Å². The van der Waals surface area contributed by atoms with E-state index >= 15 is 0 Å². The summed E-state index contributed by atoms with van der Waals surface area (Å²) in [5, 5.41) is 4.28. The van der Waals surface area contributed by atoms with Crippen molar-refractivity contribution in [3.8, 4) is 0 Å². The minimum Gasteiger partial charge on any atom is -0.469 e. The highest BCUT2D eigenvalue weighted by Crippen LogP contribution is 2.29. The van der Waals surface area contributed by atoms with E-state index in [-0.39, 0.29) is 5.76 Å². The van der Waals surface area contributed by atoms with Gasteiger partial charge in [-0.3, -0.25) is 30.2 Å². The van der Waals surface area contributed by atoms with Crippen LogP contribution in [-0.2, 0) is 6.42 Å². The summed E-state index contributed by atoms with van der Waals surface area (Å²) in [6.45, 7) is 3.38. The molecule has 11 heteroatoms. The van der Waals surface area contributed by atoms with Crippen molar-refractivity contribution in [3.05, 3.63) is 74.8 Å². The third-order valence-corrected chi connectivity index (χ3v) is 5.62. The van der Waals surface area contributed by atoms with Crippen molar-refractivity contribution in [2.45, 2.75) is 33.1 Å². The number of hydrazone groups is 1. The van der Waals surface area contributed by atoms with Crippen LogP contribution >= 0.6 is 15.9 Å². The molecular weight excluding hydrogens is 494 g/mol. The predicted molar refractivity (Wildman–Crippen MR) is 121 cm³/mol. The Bertz CT molecular complexity index is 1280. The largest absolute Gasteiger partial charge is 0.469 e. The van der Waals surface area contributed by atoms with Gasteiger partial charge >= 0.3 is 5.91 Å².